The van der Waals surface area contributed by atoms with Gasteiger partial charge in [0.2, 0.25) is 0 Å². The Balaban J connectivity index is 1.97. The minimum Gasteiger partial charge on any atom is -0.339 e. The molecule has 96 valence electrons. The maximum atomic E-state index is 4.49. The molecule has 1 aromatic carbocycles. The summed E-state index contributed by atoms with van der Waals surface area (Å²) in [7, 11) is 0. The van der Waals surface area contributed by atoms with Crippen LogP contribution in [0, 0.1) is 6.92 Å². The highest BCUT2D eigenvalue weighted by atomic mass is 32.2. The average molecular weight is 287 g/mol. The zero-order valence-corrected chi connectivity index (χ0v) is 12.3. The monoisotopic (exact) mass is 287 g/mol. The number of thioether (sulfide) groups is 1. The van der Waals surface area contributed by atoms with Crippen molar-refractivity contribution in [3.05, 3.63) is 41.5 Å². The molecule has 5 heteroatoms. The third-order valence-electron chi connectivity index (χ3n) is 2.77. The molecule has 3 rings (SSSR count). The van der Waals surface area contributed by atoms with Crippen molar-refractivity contribution >= 4 is 44.8 Å². The third kappa shape index (κ3) is 2.57. The Morgan fingerprint density at radius 2 is 1.89 bits per heavy atom. The summed E-state index contributed by atoms with van der Waals surface area (Å²) in [5.41, 5.74) is 2.05. The first-order valence-corrected chi connectivity index (χ1v) is 7.99. The molecule has 3 aromatic rings. The van der Waals surface area contributed by atoms with Gasteiger partial charge in [0.1, 0.15) is 5.82 Å². The fourth-order valence-electron chi connectivity index (χ4n) is 1.88. The van der Waals surface area contributed by atoms with Crippen molar-refractivity contribution in [2.24, 2.45) is 0 Å². The predicted molar refractivity (Wildman–Crippen MR) is 83.7 cm³/mol. The van der Waals surface area contributed by atoms with Crippen LogP contribution in [0.2, 0.25) is 0 Å². The van der Waals surface area contributed by atoms with Crippen molar-refractivity contribution in [2.75, 3.05) is 11.6 Å². The number of benzene rings is 1. The van der Waals surface area contributed by atoms with Crippen LogP contribution in [0.5, 0.6) is 0 Å². The van der Waals surface area contributed by atoms with E-state index in [0.29, 0.717) is 0 Å². The van der Waals surface area contributed by atoms with Crippen LogP contribution in [0.1, 0.15) is 5.82 Å². The standard InChI is InChI=1S/C14H13N3S2/c1-9-15-12-7-8-19-13(12)14(16-9)17-10-3-5-11(18-2)6-4-10/h3-8H,1-2H3,(H,15,16,17). The van der Waals surface area contributed by atoms with E-state index in [0.717, 1.165) is 27.5 Å². The summed E-state index contributed by atoms with van der Waals surface area (Å²) in [6, 6.07) is 10.4. The van der Waals surface area contributed by atoms with Crippen molar-refractivity contribution in [3.63, 3.8) is 0 Å². The van der Waals surface area contributed by atoms with Crippen molar-refractivity contribution in [2.45, 2.75) is 11.8 Å². The number of hydrogen-bond acceptors (Lipinski definition) is 5. The van der Waals surface area contributed by atoms with Crippen LogP contribution in [-0.4, -0.2) is 16.2 Å². The van der Waals surface area contributed by atoms with E-state index in [9.17, 15) is 0 Å². The number of nitrogens with zero attached hydrogens (tertiary/aromatic N) is 2. The van der Waals surface area contributed by atoms with Crippen LogP contribution in [0.15, 0.2) is 40.6 Å². The molecule has 2 aromatic heterocycles. The largest absolute Gasteiger partial charge is 0.339 e. The van der Waals surface area contributed by atoms with Gasteiger partial charge in [-0.05, 0) is 48.9 Å². The molecule has 0 fully saturated rings. The van der Waals surface area contributed by atoms with E-state index in [2.05, 4.69) is 45.8 Å². The average Bonchev–Trinajstić information content (AvgIpc) is 2.88. The molecule has 0 aliphatic heterocycles. The Labute approximate surface area is 120 Å². The van der Waals surface area contributed by atoms with Crippen LogP contribution < -0.4 is 5.32 Å². The lowest BCUT2D eigenvalue weighted by molar-refractivity contribution is 1.10. The van der Waals surface area contributed by atoms with E-state index >= 15 is 0 Å². The van der Waals surface area contributed by atoms with Crippen molar-refractivity contribution in [1.29, 1.82) is 0 Å². The van der Waals surface area contributed by atoms with Crippen molar-refractivity contribution in [1.82, 2.24) is 9.97 Å². The first-order chi connectivity index (χ1) is 9.26. The first-order valence-electron chi connectivity index (χ1n) is 5.89. The van der Waals surface area contributed by atoms with Gasteiger partial charge >= 0.3 is 0 Å². The van der Waals surface area contributed by atoms with Gasteiger partial charge in [0.25, 0.3) is 0 Å². The second kappa shape index (κ2) is 5.19. The van der Waals surface area contributed by atoms with Gasteiger partial charge in [-0.3, -0.25) is 0 Å². The molecular formula is C14H13N3S2. The van der Waals surface area contributed by atoms with Gasteiger partial charge < -0.3 is 5.32 Å². The number of nitrogens with one attached hydrogen (secondary N) is 1. The number of anilines is 2. The quantitative estimate of drug-likeness (QED) is 0.721. The topological polar surface area (TPSA) is 37.8 Å². The van der Waals surface area contributed by atoms with Gasteiger partial charge in [0.05, 0.1) is 10.2 Å². The van der Waals surface area contributed by atoms with Crippen molar-refractivity contribution < 1.29 is 0 Å². The van der Waals surface area contributed by atoms with E-state index in [1.807, 2.05) is 18.4 Å². The molecule has 0 spiro atoms. The molecule has 0 unspecified atom stereocenters. The van der Waals surface area contributed by atoms with Gasteiger partial charge in [-0.25, -0.2) is 9.97 Å². The maximum Gasteiger partial charge on any atom is 0.152 e. The van der Waals surface area contributed by atoms with Crippen LogP contribution in [-0.2, 0) is 0 Å². The molecular weight excluding hydrogens is 274 g/mol. The Morgan fingerprint density at radius 3 is 2.63 bits per heavy atom. The van der Waals surface area contributed by atoms with Gasteiger partial charge in [-0.2, -0.15) is 0 Å². The Kier molecular flexibility index (Phi) is 3.40. The van der Waals surface area contributed by atoms with Crippen LogP contribution in [0.25, 0.3) is 10.2 Å². The molecule has 0 bridgehead atoms. The summed E-state index contributed by atoms with van der Waals surface area (Å²) in [4.78, 5) is 10.2. The second-order valence-electron chi connectivity index (χ2n) is 4.11. The lowest BCUT2D eigenvalue weighted by Crippen LogP contribution is -1.97. The lowest BCUT2D eigenvalue weighted by atomic mass is 10.3. The lowest BCUT2D eigenvalue weighted by Gasteiger charge is -2.08. The fraction of sp³-hybridized carbons (Fsp3) is 0.143. The minimum absolute atomic E-state index is 0.786. The van der Waals surface area contributed by atoms with Crippen LogP contribution >= 0.6 is 23.1 Å². The van der Waals surface area contributed by atoms with E-state index in [1.54, 1.807) is 23.1 Å². The van der Waals surface area contributed by atoms with Gasteiger partial charge in [-0.1, -0.05) is 0 Å². The number of aromatic nitrogens is 2. The smallest absolute Gasteiger partial charge is 0.152 e. The molecule has 0 radical (unpaired) electrons. The normalized spacial score (nSPS) is 10.8. The molecule has 2 heterocycles. The zero-order valence-electron chi connectivity index (χ0n) is 10.7. The van der Waals surface area contributed by atoms with Gasteiger partial charge in [0, 0.05) is 10.6 Å². The molecule has 0 aliphatic rings. The summed E-state index contributed by atoms with van der Waals surface area (Å²) in [6.07, 6.45) is 2.07. The molecule has 0 aliphatic carbocycles. The van der Waals surface area contributed by atoms with E-state index < -0.39 is 0 Å². The highest BCUT2D eigenvalue weighted by molar-refractivity contribution is 7.98. The SMILES string of the molecule is CSc1ccc(Nc2nc(C)nc3ccsc23)cc1. The van der Waals surface area contributed by atoms with Crippen LogP contribution in [0.3, 0.4) is 0 Å². The summed E-state index contributed by atoms with van der Waals surface area (Å²) in [5, 5.41) is 5.42. The Morgan fingerprint density at radius 1 is 1.11 bits per heavy atom. The summed E-state index contributed by atoms with van der Waals surface area (Å²) in [5.74, 6) is 1.67. The molecule has 0 atom stereocenters. The molecule has 1 N–H and O–H groups in total. The molecule has 0 saturated heterocycles. The Bertz CT molecular complexity index is 704. The summed E-state index contributed by atoms with van der Waals surface area (Å²) in [6.45, 7) is 1.92. The minimum atomic E-state index is 0.786. The number of thiophene rings is 1. The second-order valence-corrected chi connectivity index (χ2v) is 5.90. The van der Waals surface area contributed by atoms with Crippen molar-refractivity contribution in [3.8, 4) is 0 Å². The molecule has 19 heavy (non-hydrogen) atoms. The van der Waals surface area contributed by atoms with E-state index in [1.165, 1.54) is 4.90 Å². The number of rotatable bonds is 3. The summed E-state index contributed by atoms with van der Waals surface area (Å²) < 4.78 is 1.10. The molecule has 0 saturated carbocycles. The predicted octanol–water partition coefficient (Wildman–Crippen LogP) is 4.47. The molecule has 3 nitrogen and oxygen atoms in total. The first kappa shape index (κ1) is 12.4. The number of fused-ring (bicyclic) bond motifs is 1. The number of aryl methyl sites for hydroxylation is 1. The van der Waals surface area contributed by atoms with Gasteiger partial charge in [-0.15, -0.1) is 23.1 Å². The number of hydrogen-bond donors (Lipinski definition) is 1. The third-order valence-corrected chi connectivity index (χ3v) is 4.42. The zero-order chi connectivity index (χ0) is 13.2. The summed E-state index contributed by atoms with van der Waals surface area (Å²) >= 11 is 3.40. The highest BCUT2D eigenvalue weighted by Gasteiger charge is 2.07. The van der Waals surface area contributed by atoms with Crippen LogP contribution in [0.4, 0.5) is 11.5 Å². The van der Waals surface area contributed by atoms with E-state index in [-0.39, 0.29) is 0 Å². The fourth-order valence-corrected chi connectivity index (χ4v) is 3.06. The Hall–Kier alpha value is -1.59. The molecule has 0 amide bonds. The highest BCUT2D eigenvalue weighted by Crippen LogP contribution is 2.28. The van der Waals surface area contributed by atoms with Gasteiger partial charge in [0.15, 0.2) is 5.82 Å². The maximum absolute atomic E-state index is 4.49. The van der Waals surface area contributed by atoms with E-state index in [4.69, 9.17) is 0 Å².